The van der Waals surface area contributed by atoms with Crippen LogP contribution in [0.5, 0.6) is 5.75 Å². The van der Waals surface area contributed by atoms with E-state index in [1.54, 1.807) is 0 Å². The van der Waals surface area contributed by atoms with E-state index in [4.69, 9.17) is 4.74 Å². The first kappa shape index (κ1) is 14.9. The number of hydrogen-bond donors (Lipinski definition) is 2. The molecule has 4 nitrogen and oxygen atoms in total. The number of para-hydroxylation sites is 1. The van der Waals surface area contributed by atoms with E-state index in [9.17, 15) is 4.79 Å². The van der Waals surface area contributed by atoms with Gasteiger partial charge in [0.25, 0.3) is 0 Å². The predicted octanol–water partition coefficient (Wildman–Crippen LogP) is 1.88. The predicted molar refractivity (Wildman–Crippen MR) is 79.9 cm³/mol. The Morgan fingerprint density at radius 2 is 2.10 bits per heavy atom. The third-order valence-electron chi connectivity index (χ3n) is 3.72. The highest BCUT2D eigenvalue weighted by Crippen LogP contribution is 2.27. The van der Waals surface area contributed by atoms with Gasteiger partial charge in [0, 0.05) is 19.0 Å². The van der Waals surface area contributed by atoms with Crippen LogP contribution in [0.3, 0.4) is 0 Å². The highest BCUT2D eigenvalue weighted by atomic mass is 16.5. The van der Waals surface area contributed by atoms with E-state index in [0.29, 0.717) is 13.1 Å². The van der Waals surface area contributed by atoms with Crippen LogP contribution in [0, 0.1) is 0 Å². The molecule has 2 N–H and O–H groups in total. The van der Waals surface area contributed by atoms with Crippen LogP contribution >= 0.6 is 0 Å². The summed E-state index contributed by atoms with van der Waals surface area (Å²) in [6.45, 7) is 5.23. The van der Waals surface area contributed by atoms with Crippen molar-refractivity contribution in [3.63, 3.8) is 0 Å². The van der Waals surface area contributed by atoms with Gasteiger partial charge in [0.2, 0.25) is 5.91 Å². The lowest BCUT2D eigenvalue weighted by Crippen LogP contribution is -2.42. The standard InChI is InChI=1S/C16H24N2O2/c1-3-13(4-2)18-16(19)11-17-10-14-9-12-7-5-6-8-15(12)20-14/h5-8,13-14,17H,3-4,9-11H2,1-2H3,(H,18,19). The van der Waals surface area contributed by atoms with Crippen molar-refractivity contribution in [1.29, 1.82) is 0 Å². The molecule has 4 heteroatoms. The fourth-order valence-corrected chi connectivity index (χ4v) is 2.49. The molecule has 0 aromatic heterocycles. The molecule has 0 fully saturated rings. The lowest BCUT2D eigenvalue weighted by Gasteiger charge is -2.16. The second-order valence-corrected chi connectivity index (χ2v) is 5.26. The van der Waals surface area contributed by atoms with Crippen molar-refractivity contribution in [3.8, 4) is 5.75 Å². The van der Waals surface area contributed by atoms with E-state index in [-0.39, 0.29) is 18.1 Å². The minimum atomic E-state index is 0.0641. The summed E-state index contributed by atoms with van der Waals surface area (Å²) < 4.78 is 5.82. The first-order chi connectivity index (χ1) is 9.72. The summed E-state index contributed by atoms with van der Waals surface area (Å²) in [6.07, 6.45) is 3.00. The molecular formula is C16H24N2O2. The van der Waals surface area contributed by atoms with Gasteiger partial charge >= 0.3 is 0 Å². The molecular weight excluding hydrogens is 252 g/mol. The van der Waals surface area contributed by atoms with Crippen molar-refractivity contribution in [2.75, 3.05) is 13.1 Å². The Hall–Kier alpha value is -1.55. The Bertz CT molecular complexity index is 419. The molecule has 1 unspecified atom stereocenters. The molecule has 0 saturated carbocycles. The molecule has 0 aliphatic carbocycles. The Morgan fingerprint density at radius 3 is 2.80 bits per heavy atom. The molecule has 110 valence electrons. The van der Waals surface area contributed by atoms with Gasteiger partial charge in [-0.15, -0.1) is 0 Å². The fraction of sp³-hybridized carbons (Fsp3) is 0.562. The maximum atomic E-state index is 11.7. The second kappa shape index (κ2) is 7.29. The van der Waals surface area contributed by atoms with Crippen molar-refractivity contribution in [1.82, 2.24) is 10.6 Å². The molecule has 0 radical (unpaired) electrons. The largest absolute Gasteiger partial charge is 0.488 e. The van der Waals surface area contributed by atoms with E-state index >= 15 is 0 Å². The van der Waals surface area contributed by atoms with Crippen molar-refractivity contribution < 1.29 is 9.53 Å². The van der Waals surface area contributed by atoms with Crippen LogP contribution in [0.15, 0.2) is 24.3 Å². The van der Waals surface area contributed by atoms with Crippen LogP contribution in [-0.4, -0.2) is 31.1 Å². The van der Waals surface area contributed by atoms with Gasteiger partial charge in [0.1, 0.15) is 11.9 Å². The van der Waals surface area contributed by atoms with Gasteiger partial charge < -0.3 is 15.4 Å². The average molecular weight is 276 g/mol. The molecule has 1 heterocycles. The summed E-state index contributed by atoms with van der Waals surface area (Å²) in [7, 11) is 0. The maximum absolute atomic E-state index is 11.7. The number of carbonyl (C=O) groups is 1. The zero-order valence-electron chi connectivity index (χ0n) is 12.3. The van der Waals surface area contributed by atoms with Crippen molar-refractivity contribution in [2.45, 2.75) is 45.3 Å². The minimum absolute atomic E-state index is 0.0641. The lowest BCUT2D eigenvalue weighted by atomic mass is 10.1. The first-order valence-electron chi connectivity index (χ1n) is 7.47. The second-order valence-electron chi connectivity index (χ2n) is 5.26. The smallest absolute Gasteiger partial charge is 0.234 e. The third-order valence-corrected chi connectivity index (χ3v) is 3.72. The number of ether oxygens (including phenoxy) is 1. The Kier molecular flexibility index (Phi) is 5.41. The molecule has 1 aliphatic heterocycles. The number of amides is 1. The zero-order chi connectivity index (χ0) is 14.4. The van der Waals surface area contributed by atoms with Crippen LogP contribution in [0.4, 0.5) is 0 Å². The zero-order valence-corrected chi connectivity index (χ0v) is 12.3. The number of benzene rings is 1. The number of fused-ring (bicyclic) bond motifs is 1. The Morgan fingerprint density at radius 1 is 1.35 bits per heavy atom. The minimum Gasteiger partial charge on any atom is -0.488 e. The van der Waals surface area contributed by atoms with Gasteiger partial charge in [-0.3, -0.25) is 4.79 Å². The van der Waals surface area contributed by atoms with Gasteiger partial charge in [-0.05, 0) is 24.5 Å². The molecule has 1 amide bonds. The lowest BCUT2D eigenvalue weighted by molar-refractivity contribution is -0.121. The number of hydrogen-bond acceptors (Lipinski definition) is 3. The molecule has 1 atom stereocenters. The molecule has 2 rings (SSSR count). The molecule has 0 saturated heterocycles. The average Bonchev–Trinajstić information content (AvgIpc) is 2.87. The SMILES string of the molecule is CCC(CC)NC(=O)CNCC1Cc2ccccc2O1. The Balaban J connectivity index is 1.66. The summed E-state index contributed by atoms with van der Waals surface area (Å²) in [5.41, 5.74) is 1.25. The van der Waals surface area contributed by atoms with E-state index in [0.717, 1.165) is 25.0 Å². The summed E-state index contributed by atoms with van der Waals surface area (Å²) in [5, 5.41) is 6.20. The Labute approximate surface area is 120 Å². The molecule has 1 aliphatic rings. The van der Waals surface area contributed by atoms with Gasteiger partial charge in [0.15, 0.2) is 0 Å². The van der Waals surface area contributed by atoms with Gasteiger partial charge in [-0.25, -0.2) is 0 Å². The summed E-state index contributed by atoms with van der Waals surface area (Å²) >= 11 is 0. The van der Waals surface area contributed by atoms with E-state index < -0.39 is 0 Å². The molecule has 1 aromatic rings. The summed E-state index contributed by atoms with van der Waals surface area (Å²) in [4.78, 5) is 11.7. The van der Waals surface area contributed by atoms with Crippen molar-refractivity contribution in [2.24, 2.45) is 0 Å². The quantitative estimate of drug-likeness (QED) is 0.799. The third kappa shape index (κ3) is 3.97. The van der Waals surface area contributed by atoms with Crippen LogP contribution in [0.1, 0.15) is 32.3 Å². The fourth-order valence-electron chi connectivity index (χ4n) is 2.49. The van der Waals surface area contributed by atoms with Crippen molar-refractivity contribution in [3.05, 3.63) is 29.8 Å². The summed E-state index contributed by atoms with van der Waals surface area (Å²) in [5.74, 6) is 1.04. The van der Waals surface area contributed by atoms with Crippen molar-refractivity contribution >= 4 is 5.91 Å². The molecule has 20 heavy (non-hydrogen) atoms. The normalized spacial score (nSPS) is 16.9. The van der Waals surface area contributed by atoms with Gasteiger partial charge in [0.05, 0.1) is 6.54 Å². The molecule has 0 bridgehead atoms. The maximum Gasteiger partial charge on any atom is 0.234 e. The monoisotopic (exact) mass is 276 g/mol. The van der Waals surface area contributed by atoms with Crippen LogP contribution in [-0.2, 0) is 11.2 Å². The molecule has 1 aromatic carbocycles. The topological polar surface area (TPSA) is 50.4 Å². The van der Waals surface area contributed by atoms with E-state index in [1.165, 1.54) is 5.56 Å². The van der Waals surface area contributed by atoms with Gasteiger partial charge in [-0.2, -0.15) is 0 Å². The van der Waals surface area contributed by atoms with Crippen LogP contribution < -0.4 is 15.4 Å². The van der Waals surface area contributed by atoms with Gasteiger partial charge in [-0.1, -0.05) is 32.0 Å². The molecule has 0 spiro atoms. The van der Waals surface area contributed by atoms with E-state index in [2.05, 4.69) is 30.5 Å². The number of rotatable bonds is 7. The highest BCUT2D eigenvalue weighted by molar-refractivity contribution is 5.78. The highest BCUT2D eigenvalue weighted by Gasteiger charge is 2.21. The first-order valence-corrected chi connectivity index (χ1v) is 7.47. The van der Waals surface area contributed by atoms with E-state index in [1.807, 2.05) is 18.2 Å². The van der Waals surface area contributed by atoms with Crippen LogP contribution in [0.25, 0.3) is 0 Å². The number of nitrogens with one attached hydrogen (secondary N) is 2. The van der Waals surface area contributed by atoms with Crippen LogP contribution in [0.2, 0.25) is 0 Å². The number of carbonyl (C=O) groups excluding carboxylic acids is 1. The summed E-state index contributed by atoms with van der Waals surface area (Å²) in [6, 6.07) is 8.39.